The highest BCUT2D eigenvalue weighted by Gasteiger charge is 2.50. The second-order valence-electron chi connectivity index (χ2n) is 7.82. The van der Waals surface area contributed by atoms with Gasteiger partial charge in [-0.15, -0.1) is 12.4 Å². The van der Waals surface area contributed by atoms with Gasteiger partial charge in [0.05, 0.1) is 5.69 Å². The third-order valence-electron chi connectivity index (χ3n) is 6.89. The molecule has 4 atom stereocenters. The summed E-state index contributed by atoms with van der Waals surface area (Å²) < 4.78 is 0. The molecule has 0 aliphatic heterocycles. The van der Waals surface area contributed by atoms with E-state index in [4.69, 9.17) is 0 Å². The summed E-state index contributed by atoms with van der Waals surface area (Å²) in [6.07, 6.45) is 9.56. The molecular formula is C19H28ClNO. The van der Waals surface area contributed by atoms with Crippen LogP contribution in [0.15, 0.2) is 12.1 Å². The first-order valence-electron chi connectivity index (χ1n) is 8.66. The van der Waals surface area contributed by atoms with Crippen molar-refractivity contribution in [1.82, 2.24) is 0 Å². The van der Waals surface area contributed by atoms with E-state index in [0.29, 0.717) is 11.2 Å². The molecule has 3 aliphatic rings. The Hall–Kier alpha value is -0.890. The first kappa shape index (κ1) is 16.0. The minimum Gasteiger partial charge on any atom is -0.506 e. The maximum atomic E-state index is 10.1. The molecule has 0 saturated heterocycles. The number of aromatic hydroxyl groups is 1. The molecule has 2 fully saturated rings. The van der Waals surface area contributed by atoms with Gasteiger partial charge in [-0.3, -0.25) is 0 Å². The molecule has 0 bridgehead atoms. The average molecular weight is 322 g/mol. The summed E-state index contributed by atoms with van der Waals surface area (Å²) in [5.41, 5.74) is 4.45. The van der Waals surface area contributed by atoms with Gasteiger partial charge in [-0.05, 0) is 85.0 Å². The standard InChI is InChI=1S/C19H27NO.ClH/c1-19-8-3-4-16(19)14-6-5-12-10-18(21)17(20-2)11-15(12)13(14)7-9-19;/h10-11,13-14,16,20-21H,3-9H2,1-2H3;1H/t13-,14+,16-,19-;/m0./s1. The summed E-state index contributed by atoms with van der Waals surface area (Å²) in [6, 6.07) is 4.25. The summed E-state index contributed by atoms with van der Waals surface area (Å²) in [5.74, 6) is 2.97. The molecule has 3 heteroatoms. The molecule has 3 aliphatic carbocycles. The molecule has 22 heavy (non-hydrogen) atoms. The van der Waals surface area contributed by atoms with Crippen molar-refractivity contribution >= 4 is 18.1 Å². The second kappa shape index (κ2) is 5.63. The van der Waals surface area contributed by atoms with Gasteiger partial charge >= 0.3 is 0 Å². The van der Waals surface area contributed by atoms with Crippen molar-refractivity contribution in [3.63, 3.8) is 0 Å². The van der Waals surface area contributed by atoms with Crippen molar-refractivity contribution in [2.45, 2.75) is 57.8 Å². The number of halogens is 1. The molecule has 0 radical (unpaired) electrons. The number of benzene rings is 1. The molecule has 0 spiro atoms. The third kappa shape index (κ3) is 2.22. The van der Waals surface area contributed by atoms with Gasteiger partial charge in [0.15, 0.2) is 0 Å². The molecule has 2 N–H and O–H groups in total. The van der Waals surface area contributed by atoms with Gasteiger partial charge in [0.25, 0.3) is 0 Å². The first-order chi connectivity index (χ1) is 10.1. The van der Waals surface area contributed by atoms with Gasteiger partial charge in [-0.25, -0.2) is 0 Å². The SMILES string of the molecule is CNc1cc2c(cc1O)CC[C@@H]1[C@@H]2CC[C@]2(C)CCC[C@@H]12.Cl. The van der Waals surface area contributed by atoms with Gasteiger partial charge in [-0.2, -0.15) is 0 Å². The van der Waals surface area contributed by atoms with Crippen molar-refractivity contribution in [3.05, 3.63) is 23.3 Å². The van der Waals surface area contributed by atoms with Crippen LogP contribution in [0.3, 0.4) is 0 Å². The van der Waals surface area contributed by atoms with Gasteiger partial charge < -0.3 is 10.4 Å². The van der Waals surface area contributed by atoms with Crippen LogP contribution < -0.4 is 5.32 Å². The van der Waals surface area contributed by atoms with E-state index >= 15 is 0 Å². The fraction of sp³-hybridized carbons (Fsp3) is 0.684. The van der Waals surface area contributed by atoms with Crippen LogP contribution in [0.2, 0.25) is 0 Å². The zero-order valence-electron chi connectivity index (χ0n) is 13.7. The van der Waals surface area contributed by atoms with Gasteiger partial charge in [-0.1, -0.05) is 13.3 Å². The Kier molecular flexibility index (Phi) is 4.09. The Morgan fingerprint density at radius 3 is 2.77 bits per heavy atom. The fourth-order valence-electron chi connectivity index (χ4n) is 5.80. The van der Waals surface area contributed by atoms with Gasteiger partial charge in [0, 0.05) is 7.05 Å². The Morgan fingerprint density at radius 2 is 2.00 bits per heavy atom. The molecule has 122 valence electrons. The Balaban J connectivity index is 0.00000144. The molecule has 2 nitrogen and oxygen atoms in total. The lowest BCUT2D eigenvalue weighted by atomic mass is 9.56. The van der Waals surface area contributed by atoms with Crippen LogP contribution >= 0.6 is 12.4 Å². The molecule has 0 unspecified atom stereocenters. The Bertz CT molecular complexity index is 573. The van der Waals surface area contributed by atoms with Gasteiger partial charge in [0.1, 0.15) is 5.75 Å². The number of nitrogens with one attached hydrogen (secondary N) is 1. The molecule has 4 rings (SSSR count). The largest absolute Gasteiger partial charge is 0.506 e. The number of hydrogen-bond acceptors (Lipinski definition) is 2. The fourth-order valence-corrected chi connectivity index (χ4v) is 5.80. The summed E-state index contributed by atoms with van der Waals surface area (Å²) >= 11 is 0. The van der Waals surface area contributed by atoms with Crippen molar-refractivity contribution in [2.75, 3.05) is 12.4 Å². The number of aryl methyl sites for hydroxylation is 1. The number of rotatable bonds is 1. The monoisotopic (exact) mass is 321 g/mol. The number of anilines is 1. The number of phenols is 1. The van der Waals surface area contributed by atoms with Crippen LogP contribution in [0.25, 0.3) is 0 Å². The maximum Gasteiger partial charge on any atom is 0.138 e. The summed E-state index contributed by atoms with van der Waals surface area (Å²) in [5, 5.41) is 13.2. The van der Waals surface area contributed by atoms with Crippen molar-refractivity contribution in [2.24, 2.45) is 17.3 Å². The lowest BCUT2D eigenvalue weighted by Gasteiger charge is -2.49. The molecule has 1 aromatic rings. The van der Waals surface area contributed by atoms with Crippen LogP contribution in [0, 0.1) is 17.3 Å². The smallest absolute Gasteiger partial charge is 0.138 e. The first-order valence-corrected chi connectivity index (χ1v) is 8.66. The molecule has 0 heterocycles. The van der Waals surface area contributed by atoms with E-state index in [-0.39, 0.29) is 12.4 Å². The molecule has 2 saturated carbocycles. The highest BCUT2D eigenvalue weighted by atomic mass is 35.5. The quantitative estimate of drug-likeness (QED) is 0.705. The molecule has 1 aromatic carbocycles. The minimum atomic E-state index is 0. The topological polar surface area (TPSA) is 32.3 Å². The van der Waals surface area contributed by atoms with E-state index in [0.717, 1.165) is 29.9 Å². The maximum absolute atomic E-state index is 10.1. The van der Waals surface area contributed by atoms with E-state index in [1.54, 1.807) is 0 Å². The summed E-state index contributed by atoms with van der Waals surface area (Å²) in [7, 11) is 1.90. The molecule has 0 amide bonds. The highest BCUT2D eigenvalue weighted by molar-refractivity contribution is 5.85. The van der Waals surface area contributed by atoms with Crippen LogP contribution in [-0.4, -0.2) is 12.2 Å². The zero-order valence-corrected chi connectivity index (χ0v) is 14.5. The molecular weight excluding hydrogens is 294 g/mol. The van der Waals surface area contributed by atoms with E-state index in [1.807, 2.05) is 13.1 Å². The van der Waals surface area contributed by atoms with E-state index in [1.165, 1.54) is 49.7 Å². The third-order valence-corrected chi connectivity index (χ3v) is 6.89. The van der Waals surface area contributed by atoms with Crippen molar-refractivity contribution in [1.29, 1.82) is 0 Å². The average Bonchev–Trinajstić information content (AvgIpc) is 2.88. The van der Waals surface area contributed by atoms with Crippen LogP contribution in [0.1, 0.15) is 62.5 Å². The predicted molar refractivity (Wildman–Crippen MR) is 94.1 cm³/mol. The van der Waals surface area contributed by atoms with Crippen LogP contribution in [0.5, 0.6) is 5.75 Å². The highest BCUT2D eigenvalue weighted by Crippen LogP contribution is 2.61. The normalized spacial score (nSPS) is 35.8. The zero-order chi connectivity index (χ0) is 14.6. The van der Waals surface area contributed by atoms with Crippen LogP contribution in [-0.2, 0) is 6.42 Å². The number of phenolic OH excluding ortho intramolecular Hbond substituents is 1. The second-order valence-corrected chi connectivity index (χ2v) is 7.82. The van der Waals surface area contributed by atoms with Crippen LogP contribution in [0.4, 0.5) is 5.69 Å². The Labute approximate surface area is 140 Å². The molecule has 0 aromatic heterocycles. The minimum absolute atomic E-state index is 0. The summed E-state index contributed by atoms with van der Waals surface area (Å²) in [6.45, 7) is 2.55. The van der Waals surface area contributed by atoms with E-state index in [9.17, 15) is 5.11 Å². The number of hydrogen-bond donors (Lipinski definition) is 2. The predicted octanol–water partition coefficient (Wildman–Crippen LogP) is 5.10. The lowest BCUT2D eigenvalue weighted by molar-refractivity contribution is 0.0598. The van der Waals surface area contributed by atoms with Crippen molar-refractivity contribution < 1.29 is 5.11 Å². The van der Waals surface area contributed by atoms with Gasteiger partial charge in [0.2, 0.25) is 0 Å². The van der Waals surface area contributed by atoms with E-state index in [2.05, 4.69) is 18.3 Å². The lowest BCUT2D eigenvalue weighted by Crippen LogP contribution is -2.39. The van der Waals surface area contributed by atoms with Crippen molar-refractivity contribution in [3.8, 4) is 5.75 Å². The summed E-state index contributed by atoms with van der Waals surface area (Å²) in [4.78, 5) is 0. The van der Waals surface area contributed by atoms with E-state index < -0.39 is 0 Å². The number of fused-ring (bicyclic) bond motifs is 5. The Morgan fingerprint density at radius 1 is 1.18 bits per heavy atom.